The number of likely N-dealkylation sites (N-methyl/N-ethyl adjacent to an activating group) is 1. The molecular weight excluding hydrogens is 202 g/mol. The second-order valence-corrected chi connectivity index (χ2v) is 3.73. The molecule has 16 heavy (non-hydrogen) atoms. The average Bonchev–Trinajstić information content (AvgIpc) is 2.28. The number of Topliss-reactive ketones (excluding diaryl/α,β-unsaturated/α-hetero) is 1. The zero-order chi connectivity index (χ0) is 12.0. The molecule has 0 fully saturated rings. The Labute approximate surface area is 96.8 Å². The molecule has 0 spiro atoms. The molecule has 3 nitrogen and oxygen atoms in total. The van der Waals surface area contributed by atoms with Crippen LogP contribution in [0.3, 0.4) is 0 Å². The molecule has 0 aliphatic carbocycles. The van der Waals surface area contributed by atoms with Crippen LogP contribution in [0.5, 0.6) is 5.75 Å². The van der Waals surface area contributed by atoms with Crippen molar-refractivity contribution in [2.75, 3.05) is 13.7 Å². The Morgan fingerprint density at radius 1 is 1.38 bits per heavy atom. The van der Waals surface area contributed by atoms with Crippen LogP contribution in [0, 0.1) is 0 Å². The van der Waals surface area contributed by atoms with E-state index < -0.39 is 0 Å². The van der Waals surface area contributed by atoms with Gasteiger partial charge in [0.2, 0.25) is 0 Å². The highest BCUT2D eigenvalue weighted by Gasteiger charge is 2.11. The van der Waals surface area contributed by atoms with Crippen LogP contribution in [0.1, 0.15) is 19.4 Å². The summed E-state index contributed by atoms with van der Waals surface area (Å²) in [6, 6.07) is 7.77. The molecule has 3 heteroatoms. The van der Waals surface area contributed by atoms with Gasteiger partial charge in [-0.25, -0.2) is 0 Å². The number of carbonyl (C=O) groups is 1. The maximum Gasteiger partial charge on any atom is 0.147 e. The Hall–Kier alpha value is -1.35. The number of ether oxygens (including phenoxy) is 1. The van der Waals surface area contributed by atoms with Crippen LogP contribution in [-0.4, -0.2) is 25.5 Å². The normalized spacial score (nSPS) is 12.2. The van der Waals surface area contributed by atoms with Gasteiger partial charge in [0.15, 0.2) is 0 Å². The van der Waals surface area contributed by atoms with Crippen LogP contribution in [0.4, 0.5) is 0 Å². The summed E-state index contributed by atoms with van der Waals surface area (Å²) in [4.78, 5) is 11.3. The highest BCUT2D eigenvalue weighted by atomic mass is 16.5. The molecule has 0 saturated carbocycles. The smallest absolute Gasteiger partial charge is 0.147 e. The summed E-state index contributed by atoms with van der Waals surface area (Å²) in [7, 11) is 1.81. The van der Waals surface area contributed by atoms with Gasteiger partial charge in [-0.1, -0.05) is 12.1 Å². The van der Waals surface area contributed by atoms with Crippen molar-refractivity contribution in [2.24, 2.45) is 0 Å². The molecule has 0 saturated heterocycles. The first-order valence-corrected chi connectivity index (χ1v) is 5.56. The lowest BCUT2D eigenvalue weighted by Gasteiger charge is -2.12. The lowest BCUT2D eigenvalue weighted by Crippen LogP contribution is -2.34. The Bertz CT molecular complexity index is 332. The summed E-state index contributed by atoms with van der Waals surface area (Å²) in [6.07, 6.45) is 0.720. The molecule has 0 radical (unpaired) electrons. The number of hydrogen-bond acceptors (Lipinski definition) is 3. The third kappa shape index (κ3) is 3.66. The summed E-state index contributed by atoms with van der Waals surface area (Å²) in [5.41, 5.74) is 1.14. The van der Waals surface area contributed by atoms with E-state index in [4.69, 9.17) is 4.74 Å². The van der Waals surface area contributed by atoms with Crippen LogP contribution in [0.25, 0.3) is 0 Å². The standard InChI is InChI=1S/C13H19NO2/c1-4-16-12-7-5-11(6-8-12)9-13(14-3)10(2)15/h5-8,13-14H,4,9H2,1-3H3/t13-/m0/s1. The molecule has 0 aliphatic heterocycles. The quantitative estimate of drug-likeness (QED) is 0.796. The van der Waals surface area contributed by atoms with Crippen molar-refractivity contribution >= 4 is 5.78 Å². The van der Waals surface area contributed by atoms with Crippen molar-refractivity contribution in [3.05, 3.63) is 29.8 Å². The second kappa shape index (κ2) is 6.28. The molecule has 0 aromatic heterocycles. The molecular formula is C13H19NO2. The number of nitrogens with one attached hydrogen (secondary N) is 1. The molecule has 0 bridgehead atoms. The Kier molecular flexibility index (Phi) is 4.99. The third-order valence-corrected chi connectivity index (χ3v) is 2.51. The highest BCUT2D eigenvalue weighted by molar-refractivity contribution is 5.81. The lowest BCUT2D eigenvalue weighted by atomic mass is 10.0. The first-order chi connectivity index (χ1) is 7.67. The Balaban J connectivity index is 2.63. The van der Waals surface area contributed by atoms with E-state index in [0.717, 1.165) is 17.7 Å². The van der Waals surface area contributed by atoms with E-state index in [2.05, 4.69) is 5.32 Å². The average molecular weight is 221 g/mol. The van der Waals surface area contributed by atoms with Gasteiger partial charge in [-0.3, -0.25) is 4.79 Å². The number of hydrogen-bond donors (Lipinski definition) is 1. The third-order valence-electron chi connectivity index (χ3n) is 2.51. The predicted molar refractivity (Wildman–Crippen MR) is 64.8 cm³/mol. The van der Waals surface area contributed by atoms with Crippen LogP contribution < -0.4 is 10.1 Å². The van der Waals surface area contributed by atoms with Gasteiger partial charge in [-0.2, -0.15) is 0 Å². The van der Waals surface area contributed by atoms with Gasteiger partial charge in [0.1, 0.15) is 11.5 Å². The molecule has 0 heterocycles. The first-order valence-electron chi connectivity index (χ1n) is 5.56. The Morgan fingerprint density at radius 2 is 2.00 bits per heavy atom. The van der Waals surface area contributed by atoms with E-state index in [9.17, 15) is 4.79 Å². The van der Waals surface area contributed by atoms with Gasteiger partial charge in [-0.15, -0.1) is 0 Å². The van der Waals surface area contributed by atoms with Crippen molar-refractivity contribution in [3.8, 4) is 5.75 Å². The topological polar surface area (TPSA) is 38.3 Å². The SMILES string of the molecule is CCOc1ccc(C[C@H](NC)C(C)=O)cc1. The molecule has 0 amide bonds. The van der Waals surface area contributed by atoms with Crippen LogP contribution in [0.2, 0.25) is 0 Å². The van der Waals surface area contributed by atoms with Crippen LogP contribution >= 0.6 is 0 Å². The van der Waals surface area contributed by atoms with E-state index in [1.807, 2.05) is 31.2 Å². The van der Waals surface area contributed by atoms with Gasteiger partial charge in [0, 0.05) is 0 Å². The summed E-state index contributed by atoms with van der Waals surface area (Å²) in [6.45, 7) is 4.24. The van der Waals surface area contributed by atoms with Crippen molar-refractivity contribution in [1.82, 2.24) is 5.32 Å². The van der Waals surface area contributed by atoms with E-state index in [1.54, 1.807) is 14.0 Å². The van der Waals surface area contributed by atoms with E-state index >= 15 is 0 Å². The summed E-state index contributed by atoms with van der Waals surface area (Å²) >= 11 is 0. The minimum Gasteiger partial charge on any atom is -0.494 e. The van der Waals surface area contributed by atoms with Crippen molar-refractivity contribution in [3.63, 3.8) is 0 Å². The number of ketones is 1. The lowest BCUT2D eigenvalue weighted by molar-refractivity contribution is -0.118. The van der Waals surface area contributed by atoms with E-state index in [0.29, 0.717) is 6.61 Å². The largest absolute Gasteiger partial charge is 0.494 e. The van der Waals surface area contributed by atoms with Crippen LogP contribution in [-0.2, 0) is 11.2 Å². The van der Waals surface area contributed by atoms with Crippen LogP contribution in [0.15, 0.2) is 24.3 Å². The molecule has 1 aromatic carbocycles. The minimum atomic E-state index is -0.0991. The zero-order valence-electron chi connectivity index (χ0n) is 10.1. The first kappa shape index (κ1) is 12.7. The van der Waals surface area contributed by atoms with Gasteiger partial charge in [-0.05, 0) is 45.0 Å². The number of carbonyl (C=O) groups excluding carboxylic acids is 1. The van der Waals surface area contributed by atoms with Gasteiger partial charge >= 0.3 is 0 Å². The molecule has 1 N–H and O–H groups in total. The number of rotatable bonds is 6. The maximum absolute atomic E-state index is 11.3. The Morgan fingerprint density at radius 3 is 2.44 bits per heavy atom. The fraction of sp³-hybridized carbons (Fsp3) is 0.462. The minimum absolute atomic E-state index is 0.0991. The van der Waals surface area contributed by atoms with Crippen molar-refractivity contribution in [1.29, 1.82) is 0 Å². The maximum atomic E-state index is 11.3. The fourth-order valence-electron chi connectivity index (χ4n) is 1.57. The van der Waals surface area contributed by atoms with Crippen molar-refractivity contribution < 1.29 is 9.53 Å². The monoisotopic (exact) mass is 221 g/mol. The second-order valence-electron chi connectivity index (χ2n) is 3.73. The van der Waals surface area contributed by atoms with Gasteiger partial charge < -0.3 is 10.1 Å². The van der Waals surface area contributed by atoms with E-state index in [-0.39, 0.29) is 11.8 Å². The van der Waals surface area contributed by atoms with Gasteiger partial charge in [0.05, 0.1) is 12.6 Å². The number of benzene rings is 1. The summed E-state index contributed by atoms with van der Waals surface area (Å²) in [5.74, 6) is 1.03. The van der Waals surface area contributed by atoms with Crippen molar-refractivity contribution in [2.45, 2.75) is 26.3 Å². The molecule has 0 unspecified atom stereocenters. The van der Waals surface area contributed by atoms with Gasteiger partial charge in [0.25, 0.3) is 0 Å². The molecule has 1 atom stereocenters. The zero-order valence-corrected chi connectivity index (χ0v) is 10.1. The fourth-order valence-corrected chi connectivity index (χ4v) is 1.57. The summed E-state index contributed by atoms with van der Waals surface area (Å²) < 4.78 is 5.36. The predicted octanol–water partition coefficient (Wildman–Crippen LogP) is 1.80. The molecule has 1 aromatic rings. The molecule has 0 aliphatic rings. The summed E-state index contributed by atoms with van der Waals surface area (Å²) in [5, 5.41) is 3.01. The van der Waals surface area contributed by atoms with E-state index in [1.165, 1.54) is 0 Å². The molecule has 1 rings (SSSR count). The molecule has 88 valence electrons. The highest BCUT2D eigenvalue weighted by Crippen LogP contribution is 2.13.